The van der Waals surface area contributed by atoms with Crippen LogP contribution in [0.3, 0.4) is 0 Å². The Morgan fingerprint density at radius 2 is 1.69 bits per heavy atom. The van der Waals surface area contributed by atoms with Gasteiger partial charge in [0.05, 0.1) is 0 Å². The molecule has 1 saturated carbocycles. The minimum Gasteiger partial charge on any atom is -0.328 e. The molecule has 1 aliphatic carbocycles. The third-order valence-electron chi connectivity index (χ3n) is 3.35. The van der Waals surface area contributed by atoms with Gasteiger partial charge in [-0.15, -0.1) is 0 Å². The Kier molecular flexibility index (Phi) is 4.20. The molecule has 13 heavy (non-hydrogen) atoms. The molecule has 1 atom stereocenters. The van der Waals surface area contributed by atoms with Gasteiger partial charge in [-0.25, -0.2) is 0 Å². The fourth-order valence-electron chi connectivity index (χ4n) is 2.08. The maximum Gasteiger partial charge on any atom is 0.00645 e. The van der Waals surface area contributed by atoms with E-state index in [-0.39, 0.29) is 0 Å². The minimum absolute atomic E-state index is 0.388. The quantitative estimate of drug-likeness (QED) is 0.703. The highest BCUT2D eigenvalue weighted by molar-refractivity contribution is 4.78. The molecule has 1 rings (SSSR count). The van der Waals surface area contributed by atoms with Crippen LogP contribution in [0.5, 0.6) is 0 Å². The molecule has 0 unspecified atom stereocenters. The molecule has 0 aromatic rings. The second-order valence-electron chi connectivity index (χ2n) is 4.92. The first kappa shape index (κ1) is 11.0. The number of hydrogen-bond donors (Lipinski definition) is 2. The van der Waals surface area contributed by atoms with Crippen molar-refractivity contribution in [2.75, 3.05) is 0 Å². The van der Waals surface area contributed by atoms with E-state index in [9.17, 15) is 0 Å². The topological polar surface area (TPSA) is 52.0 Å². The summed E-state index contributed by atoms with van der Waals surface area (Å²) in [5.74, 6) is 1.47. The molecule has 0 spiro atoms. The van der Waals surface area contributed by atoms with E-state index < -0.39 is 0 Å². The lowest BCUT2D eigenvalue weighted by molar-refractivity contribution is 0.275. The van der Waals surface area contributed by atoms with Crippen molar-refractivity contribution in [2.45, 2.75) is 58.0 Å². The molecule has 0 amide bonds. The smallest absolute Gasteiger partial charge is 0.00645 e. The van der Waals surface area contributed by atoms with Crippen LogP contribution in [0.1, 0.15) is 46.0 Å². The Bertz CT molecular complexity index is 137. The predicted octanol–water partition coefficient (Wildman–Crippen LogP) is 1.88. The Morgan fingerprint density at radius 3 is 2.15 bits per heavy atom. The normalized spacial score (nSPS) is 32.1. The van der Waals surface area contributed by atoms with Gasteiger partial charge in [-0.2, -0.15) is 0 Å². The largest absolute Gasteiger partial charge is 0.328 e. The fraction of sp³-hybridized carbons (Fsp3) is 1.00. The molecule has 0 heterocycles. The van der Waals surface area contributed by atoms with Crippen molar-refractivity contribution in [2.24, 2.45) is 23.3 Å². The molecule has 0 aromatic carbocycles. The van der Waals surface area contributed by atoms with Crippen molar-refractivity contribution in [3.8, 4) is 0 Å². The number of rotatable bonds is 3. The molecule has 0 radical (unpaired) electrons. The molecule has 78 valence electrons. The summed E-state index contributed by atoms with van der Waals surface area (Å²) in [5, 5.41) is 0. The Hall–Kier alpha value is -0.0800. The molecule has 2 heteroatoms. The second-order valence-corrected chi connectivity index (χ2v) is 4.92. The molecule has 4 N–H and O–H groups in total. The van der Waals surface area contributed by atoms with Crippen LogP contribution in [0.4, 0.5) is 0 Å². The molecule has 0 saturated heterocycles. The zero-order chi connectivity index (χ0) is 9.84. The summed E-state index contributed by atoms with van der Waals surface area (Å²) in [4.78, 5) is 0. The van der Waals surface area contributed by atoms with Crippen molar-refractivity contribution in [3.05, 3.63) is 0 Å². The van der Waals surface area contributed by atoms with Crippen LogP contribution in [0.15, 0.2) is 0 Å². The summed E-state index contributed by atoms with van der Waals surface area (Å²) >= 11 is 0. The van der Waals surface area contributed by atoms with E-state index in [1.807, 2.05) is 0 Å². The van der Waals surface area contributed by atoms with Gasteiger partial charge in [-0.05, 0) is 43.9 Å². The van der Waals surface area contributed by atoms with Gasteiger partial charge in [0.2, 0.25) is 0 Å². The summed E-state index contributed by atoms with van der Waals surface area (Å²) < 4.78 is 0. The maximum atomic E-state index is 6.05. The molecule has 0 aliphatic heterocycles. The Morgan fingerprint density at radius 1 is 1.15 bits per heavy atom. The van der Waals surface area contributed by atoms with E-state index in [1.165, 1.54) is 32.1 Å². The summed E-state index contributed by atoms with van der Waals surface area (Å²) in [7, 11) is 0. The van der Waals surface area contributed by atoms with Crippen LogP contribution in [-0.2, 0) is 0 Å². The van der Waals surface area contributed by atoms with E-state index in [0.29, 0.717) is 18.0 Å². The molecular formula is C11H24N2. The molecular weight excluding hydrogens is 160 g/mol. The van der Waals surface area contributed by atoms with Gasteiger partial charge in [-0.3, -0.25) is 0 Å². The van der Waals surface area contributed by atoms with Crippen molar-refractivity contribution in [1.29, 1.82) is 0 Å². The van der Waals surface area contributed by atoms with Crippen LogP contribution in [0, 0.1) is 11.8 Å². The van der Waals surface area contributed by atoms with E-state index in [1.54, 1.807) is 0 Å². The molecule has 1 fully saturated rings. The lowest BCUT2D eigenvalue weighted by Crippen LogP contribution is -2.33. The Balaban J connectivity index is 2.22. The Labute approximate surface area is 82.1 Å². The summed E-state index contributed by atoms with van der Waals surface area (Å²) in [6.45, 7) is 4.42. The highest BCUT2D eigenvalue weighted by Gasteiger charge is 2.21. The van der Waals surface area contributed by atoms with Crippen molar-refractivity contribution >= 4 is 0 Å². The molecule has 0 aromatic heterocycles. The van der Waals surface area contributed by atoms with E-state index in [4.69, 9.17) is 11.5 Å². The van der Waals surface area contributed by atoms with Gasteiger partial charge in [0.25, 0.3) is 0 Å². The van der Waals surface area contributed by atoms with E-state index >= 15 is 0 Å². The van der Waals surface area contributed by atoms with Crippen LogP contribution >= 0.6 is 0 Å². The molecule has 1 aliphatic rings. The predicted molar refractivity (Wildman–Crippen MR) is 57.4 cm³/mol. The van der Waals surface area contributed by atoms with Crippen molar-refractivity contribution < 1.29 is 0 Å². The number of hydrogen-bond acceptors (Lipinski definition) is 2. The summed E-state index contributed by atoms with van der Waals surface area (Å²) in [5.41, 5.74) is 11.9. The van der Waals surface area contributed by atoms with Gasteiger partial charge < -0.3 is 11.5 Å². The minimum atomic E-state index is 0.388. The van der Waals surface area contributed by atoms with Gasteiger partial charge in [0.15, 0.2) is 0 Å². The van der Waals surface area contributed by atoms with E-state index in [0.717, 1.165) is 5.92 Å². The first-order valence-electron chi connectivity index (χ1n) is 5.60. The van der Waals surface area contributed by atoms with Gasteiger partial charge in [-0.1, -0.05) is 13.8 Å². The monoisotopic (exact) mass is 184 g/mol. The highest BCUT2D eigenvalue weighted by Crippen LogP contribution is 2.27. The van der Waals surface area contributed by atoms with Gasteiger partial charge in [0, 0.05) is 12.1 Å². The van der Waals surface area contributed by atoms with Crippen molar-refractivity contribution in [1.82, 2.24) is 0 Å². The lowest BCUT2D eigenvalue weighted by Gasteiger charge is -2.29. The van der Waals surface area contributed by atoms with Crippen LogP contribution in [-0.4, -0.2) is 12.1 Å². The third kappa shape index (κ3) is 3.65. The van der Waals surface area contributed by atoms with Gasteiger partial charge >= 0.3 is 0 Å². The lowest BCUT2D eigenvalue weighted by atomic mass is 9.81. The third-order valence-corrected chi connectivity index (χ3v) is 3.35. The summed E-state index contributed by atoms with van der Waals surface area (Å²) in [6.07, 6.45) is 6.19. The van der Waals surface area contributed by atoms with E-state index in [2.05, 4.69) is 13.8 Å². The maximum absolute atomic E-state index is 6.05. The first-order valence-corrected chi connectivity index (χ1v) is 5.60. The van der Waals surface area contributed by atoms with Crippen LogP contribution < -0.4 is 11.5 Å². The summed E-state index contributed by atoms with van der Waals surface area (Å²) in [6, 6.07) is 0.853. The highest BCUT2D eigenvalue weighted by atomic mass is 14.7. The average molecular weight is 184 g/mol. The SMILES string of the molecule is CC(C)[C@@H](N)CC1CCC(N)CC1. The zero-order valence-corrected chi connectivity index (χ0v) is 9.00. The standard InChI is InChI=1S/C11H24N2/c1-8(2)11(13)7-9-3-5-10(12)6-4-9/h8-11H,3-7,12-13H2,1-2H3/t9?,10?,11-/m0/s1. The van der Waals surface area contributed by atoms with Crippen molar-refractivity contribution in [3.63, 3.8) is 0 Å². The molecule has 2 nitrogen and oxygen atoms in total. The van der Waals surface area contributed by atoms with Crippen LogP contribution in [0.2, 0.25) is 0 Å². The average Bonchev–Trinajstić information content (AvgIpc) is 2.08. The number of nitrogens with two attached hydrogens (primary N) is 2. The zero-order valence-electron chi connectivity index (χ0n) is 9.00. The van der Waals surface area contributed by atoms with Gasteiger partial charge in [0.1, 0.15) is 0 Å². The fourth-order valence-corrected chi connectivity index (χ4v) is 2.08. The molecule has 0 bridgehead atoms. The van der Waals surface area contributed by atoms with Crippen LogP contribution in [0.25, 0.3) is 0 Å². The first-order chi connectivity index (χ1) is 6.09. The second kappa shape index (κ2) is 4.97.